The van der Waals surface area contributed by atoms with E-state index in [4.69, 9.17) is 9.47 Å². The average molecular weight is 673 g/mol. The lowest BCUT2D eigenvalue weighted by Gasteiger charge is -2.51. The number of nitriles is 1. The third-order valence-electron chi connectivity index (χ3n) is 8.12. The van der Waals surface area contributed by atoms with Gasteiger partial charge in [-0.3, -0.25) is 9.59 Å². The van der Waals surface area contributed by atoms with Crippen molar-refractivity contribution in [2.45, 2.75) is 30.0 Å². The van der Waals surface area contributed by atoms with Crippen molar-refractivity contribution in [3.05, 3.63) is 142 Å². The molecule has 0 bridgehead atoms. The molecule has 0 unspecified atom stereocenters. The summed E-state index contributed by atoms with van der Waals surface area (Å²) in [6.45, 7) is 0.00502. The molecule has 2 aliphatic rings. The van der Waals surface area contributed by atoms with Crippen LogP contribution in [-0.2, 0) is 25.5 Å². The van der Waals surface area contributed by atoms with Gasteiger partial charge in [0.05, 0.1) is 16.6 Å². The predicted molar refractivity (Wildman–Crippen MR) is 183 cm³/mol. The number of ether oxygens (including phenoxy) is 2. The van der Waals surface area contributed by atoms with E-state index in [0.29, 0.717) is 21.8 Å². The van der Waals surface area contributed by atoms with Gasteiger partial charge in [0.1, 0.15) is 29.8 Å². The lowest BCUT2D eigenvalue weighted by atomic mass is 9.97. The highest BCUT2D eigenvalue weighted by atomic mass is 32.2. The van der Waals surface area contributed by atoms with Crippen molar-refractivity contribution in [2.75, 3.05) is 6.61 Å². The van der Waals surface area contributed by atoms with E-state index in [0.717, 1.165) is 21.4 Å². The van der Waals surface area contributed by atoms with Gasteiger partial charge in [0.15, 0.2) is 17.2 Å². The van der Waals surface area contributed by atoms with E-state index in [1.807, 2.05) is 96.4 Å². The van der Waals surface area contributed by atoms with Gasteiger partial charge in [-0.05, 0) is 40.3 Å². The first-order valence-electron chi connectivity index (χ1n) is 15.2. The van der Waals surface area contributed by atoms with Gasteiger partial charge in [0, 0.05) is 5.57 Å². The van der Waals surface area contributed by atoms with Crippen LogP contribution in [0.4, 0.5) is 0 Å². The summed E-state index contributed by atoms with van der Waals surface area (Å²) in [5, 5.41) is 13.8. The number of nitrogens with one attached hydrogen (secondary N) is 1. The van der Waals surface area contributed by atoms with E-state index >= 15 is 0 Å². The zero-order valence-corrected chi connectivity index (χ0v) is 27.0. The summed E-state index contributed by atoms with van der Waals surface area (Å²) in [6, 6.07) is 33.7. The van der Waals surface area contributed by atoms with Crippen molar-refractivity contribution in [2.24, 2.45) is 0 Å². The van der Waals surface area contributed by atoms with E-state index in [1.165, 1.54) is 28.0 Å². The molecule has 1 aromatic heterocycles. The Kier molecular flexibility index (Phi) is 8.92. The molecule has 4 aromatic carbocycles. The molecule has 0 aliphatic carbocycles. The molecule has 48 heavy (non-hydrogen) atoms. The fraction of sp³-hybridized carbons (Fsp3) is 0.162. The lowest BCUT2D eigenvalue weighted by molar-refractivity contribution is -0.165. The quantitative estimate of drug-likeness (QED) is 0.147. The van der Waals surface area contributed by atoms with Gasteiger partial charge in [0.2, 0.25) is 11.8 Å². The first kappa shape index (κ1) is 31.2. The Morgan fingerprint density at radius 3 is 2.27 bits per heavy atom. The summed E-state index contributed by atoms with van der Waals surface area (Å²) in [5.41, 5.74) is 3.65. The summed E-state index contributed by atoms with van der Waals surface area (Å²) in [6.07, 6.45) is -0.575. The summed E-state index contributed by atoms with van der Waals surface area (Å²) < 4.78 is 13.2. The first-order chi connectivity index (χ1) is 23.5. The van der Waals surface area contributed by atoms with E-state index in [1.54, 1.807) is 18.2 Å². The average Bonchev–Trinajstić information content (AvgIpc) is 3.55. The number of β-lactam (4-membered cyclic amide) rings is 1. The van der Waals surface area contributed by atoms with E-state index < -0.39 is 29.5 Å². The molecule has 238 valence electrons. The highest BCUT2D eigenvalue weighted by Crippen LogP contribution is 2.41. The maximum Gasteiger partial charge on any atom is 0.334 e. The smallest absolute Gasteiger partial charge is 0.334 e. The number of nitrogens with zero attached hydrogens (tertiary/aromatic N) is 3. The molecule has 1 N–H and O–H groups in total. The molecule has 2 amide bonds. The van der Waals surface area contributed by atoms with Crippen LogP contribution in [0.2, 0.25) is 0 Å². The number of carbonyl (C=O) groups is 3. The monoisotopic (exact) mass is 672 g/mol. The number of thiazole rings is 1. The van der Waals surface area contributed by atoms with Gasteiger partial charge in [0.25, 0.3) is 0 Å². The normalized spacial score (nSPS) is 18.3. The standard InChI is InChI=1S/C37H28N4O5S2/c38-20-31-39-28-17-16-27(19-29(28)48-31)45-21-26-22-47-36-32(40-30(42)18-23-10-4-1-5-11-23)35(43)41(36)33(26)37(44)46-34(24-12-6-2-7-13-24)25-14-8-3-9-15-25/h1-17,19,22,32-34,36H,18,21H2,(H,40,42)/t32-,33-,36-/m1/s1. The Morgan fingerprint density at radius 1 is 0.938 bits per heavy atom. The molecule has 11 heteroatoms. The first-order valence-corrected chi connectivity index (χ1v) is 17.0. The van der Waals surface area contributed by atoms with Gasteiger partial charge in [-0.2, -0.15) is 5.26 Å². The number of amides is 2. The van der Waals surface area contributed by atoms with Crippen LogP contribution in [0.3, 0.4) is 0 Å². The van der Waals surface area contributed by atoms with Crippen LogP contribution in [0, 0.1) is 11.3 Å². The number of aromatic nitrogens is 1. The highest BCUT2D eigenvalue weighted by Gasteiger charge is 2.56. The van der Waals surface area contributed by atoms with Crippen LogP contribution < -0.4 is 10.1 Å². The van der Waals surface area contributed by atoms with Crippen LogP contribution >= 0.6 is 23.1 Å². The number of fused-ring (bicyclic) bond motifs is 2. The predicted octanol–water partition coefficient (Wildman–Crippen LogP) is 5.77. The molecular formula is C37H28N4O5S2. The maximum atomic E-state index is 14.2. The van der Waals surface area contributed by atoms with Crippen molar-refractivity contribution < 1.29 is 23.9 Å². The van der Waals surface area contributed by atoms with E-state index in [9.17, 15) is 19.6 Å². The molecule has 0 radical (unpaired) electrons. The molecule has 3 atom stereocenters. The number of hydrogen-bond donors (Lipinski definition) is 1. The van der Waals surface area contributed by atoms with Crippen LogP contribution in [0.25, 0.3) is 10.2 Å². The van der Waals surface area contributed by atoms with E-state index in [-0.39, 0.29) is 24.8 Å². The Bertz CT molecular complexity index is 2010. The summed E-state index contributed by atoms with van der Waals surface area (Å²) in [5.74, 6) is -0.717. The largest absolute Gasteiger partial charge is 0.489 e. The van der Waals surface area contributed by atoms with Crippen molar-refractivity contribution >= 4 is 51.1 Å². The lowest BCUT2D eigenvalue weighted by Crippen LogP contribution is -2.74. The molecule has 7 rings (SSSR count). The van der Waals surface area contributed by atoms with Gasteiger partial charge >= 0.3 is 5.97 Å². The zero-order chi connectivity index (χ0) is 33.0. The molecule has 9 nitrogen and oxygen atoms in total. The van der Waals surface area contributed by atoms with Crippen LogP contribution in [0.15, 0.2) is 120 Å². The van der Waals surface area contributed by atoms with Crippen molar-refractivity contribution in [3.63, 3.8) is 0 Å². The Hall–Kier alpha value is -5.44. The van der Waals surface area contributed by atoms with Crippen LogP contribution in [0.5, 0.6) is 5.75 Å². The molecule has 2 aliphatic heterocycles. The second-order valence-corrected chi connectivity index (χ2v) is 13.3. The summed E-state index contributed by atoms with van der Waals surface area (Å²) in [4.78, 5) is 46.6. The number of rotatable bonds is 10. The second kappa shape index (κ2) is 13.7. The van der Waals surface area contributed by atoms with Gasteiger partial charge in [-0.1, -0.05) is 91.0 Å². The number of esters is 1. The van der Waals surface area contributed by atoms with Gasteiger partial charge in [-0.25, -0.2) is 9.78 Å². The number of benzene rings is 4. The molecule has 3 heterocycles. The number of thioether (sulfide) groups is 1. The van der Waals surface area contributed by atoms with E-state index in [2.05, 4.69) is 16.4 Å². The molecule has 1 saturated heterocycles. The fourth-order valence-corrected chi connectivity index (χ4v) is 7.80. The second-order valence-electron chi connectivity index (χ2n) is 11.3. The topological polar surface area (TPSA) is 122 Å². The summed E-state index contributed by atoms with van der Waals surface area (Å²) in [7, 11) is 0. The Labute approximate surface area is 284 Å². The molecule has 0 saturated carbocycles. The third-order valence-corrected chi connectivity index (χ3v) is 10.3. The molecule has 5 aromatic rings. The van der Waals surface area contributed by atoms with Crippen molar-refractivity contribution in [3.8, 4) is 11.8 Å². The van der Waals surface area contributed by atoms with Crippen molar-refractivity contribution in [1.82, 2.24) is 15.2 Å². The maximum absolute atomic E-state index is 14.2. The Balaban J connectivity index is 1.15. The van der Waals surface area contributed by atoms with Crippen LogP contribution in [-0.4, -0.2) is 51.7 Å². The van der Waals surface area contributed by atoms with Gasteiger partial charge in [-0.15, -0.1) is 23.1 Å². The molecule has 0 spiro atoms. The zero-order valence-electron chi connectivity index (χ0n) is 25.4. The number of carbonyl (C=O) groups excluding carboxylic acids is 3. The molecular weight excluding hydrogens is 645 g/mol. The Morgan fingerprint density at radius 2 is 1.60 bits per heavy atom. The SMILES string of the molecule is N#Cc1nc2ccc(OCC3=CS[C@@H]4[C@H](NC(=O)Cc5ccccc5)C(=O)N4[C@H]3C(=O)OC(c3ccccc3)c3ccccc3)cc2s1. The highest BCUT2D eigenvalue weighted by molar-refractivity contribution is 8.03. The molecule has 1 fully saturated rings. The van der Waals surface area contributed by atoms with Gasteiger partial charge < -0.3 is 19.7 Å². The fourth-order valence-electron chi connectivity index (χ4n) is 5.80. The minimum Gasteiger partial charge on any atom is -0.489 e. The number of hydrogen-bond acceptors (Lipinski definition) is 9. The minimum atomic E-state index is -1.07. The third kappa shape index (κ3) is 6.40. The minimum absolute atomic E-state index is 0.00502. The van der Waals surface area contributed by atoms with Crippen LogP contribution in [0.1, 0.15) is 27.8 Å². The van der Waals surface area contributed by atoms with Crippen molar-refractivity contribution in [1.29, 1.82) is 5.26 Å². The summed E-state index contributed by atoms with van der Waals surface area (Å²) >= 11 is 2.62.